The van der Waals surface area contributed by atoms with Gasteiger partial charge in [-0.1, -0.05) is 32.0 Å². The summed E-state index contributed by atoms with van der Waals surface area (Å²) in [6.07, 6.45) is 0. The molecule has 0 amide bonds. The summed E-state index contributed by atoms with van der Waals surface area (Å²) in [4.78, 5) is 0. The normalized spacial score (nSPS) is 13.6. The van der Waals surface area contributed by atoms with Crippen molar-refractivity contribution in [3.63, 3.8) is 0 Å². The molecule has 0 aliphatic carbocycles. The average molecular weight is 273 g/mol. The molecular formula is C14H21F2NO2. The quantitative estimate of drug-likeness (QED) is 0.802. The van der Waals surface area contributed by atoms with Gasteiger partial charge in [0.15, 0.2) is 0 Å². The van der Waals surface area contributed by atoms with Crippen LogP contribution in [-0.4, -0.2) is 24.9 Å². The summed E-state index contributed by atoms with van der Waals surface area (Å²) in [7, 11) is 0. The molecule has 2 N–H and O–H groups in total. The molecule has 0 spiro atoms. The number of aliphatic hydroxyl groups is 1. The van der Waals surface area contributed by atoms with Crippen molar-refractivity contribution in [3.8, 4) is 5.75 Å². The van der Waals surface area contributed by atoms with E-state index in [1.165, 1.54) is 6.07 Å². The van der Waals surface area contributed by atoms with E-state index in [9.17, 15) is 13.9 Å². The lowest BCUT2D eigenvalue weighted by Gasteiger charge is -2.25. The highest BCUT2D eigenvalue weighted by atomic mass is 19.3. The van der Waals surface area contributed by atoms with Gasteiger partial charge in [0.05, 0.1) is 0 Å². The molecule has 108 valence electrons. The van der Waals surface area contributed by atoms with E-state index in [2.05, 4.69) is 10.1 Å². The van der Waals surface area contributed by atoms with Gasteiger partial charge in [-0.2, -0.15) is 8.78 Å². The first-order valence-electron chi connectivity index (χ1n) is 6.24. The summed E-state index contributed by atoms with van der Waals surface area (Å²) in [6.45, 7) is 3.53. The predicted octanol–water partition coefficient (Wildman–Crippen LogP) is 2.96. The number of hydrogen-bond acceptors (Lipinski definition) is 3. The van der Waals surface area contributed by atoms with E-state index in [0.29, 0.717) is 12.1 Å². The zero-order valence-electron chi connectivity index (χ0n) is 11.5. The van der Waals surface area contributed by atoms with E-state index in [0.717, 1.165) is 0 Å². The summed E-state index contributed by atoms with van der Waals surface area (Å²) in [5.74, 6) is 0.180. The monoisotopic (exact) mass is 273 g/mol. The van der Waals surface area contributed by atoms with Crippen LogP contribution in [0.4, 0.5) is 8.78 Å². The molecule has 0 radical (unpaired) electrons. The van der Waals surface area contributed by atoms with Gasteiger partial charge in [0.2, 0.25) is 0 Å². The van der Waals surface area contributed by atoms with E-state index < -0.39 is 6.61 Å². The number of rotatable bonds is 7. The number of hydrogen-bond donors (Lipinski definition) is 2. The number of para-hydroxylation sites is 1. The molecule has 1 unspecified atom stereocenters. The van der Waals surface area contributed by atoms with Gasteiger partial charge in [-0.15, -0.1) is 0 Å². The highest BCUT2D eigenvalue weighted by Crippen LogP contribution is 2.27. The van der Waals surface area contributed by atoms with Crippen molar-refractivity contribution >= 4 is 0 Å². The molecule has 1 aromatic carbocycles. The molecule has 0 heterocycles. The van der Waals surface area contributed by atoms with E-state index in [1.54, 1.807) is 18.2 Å². The van der Waals surface area contributed by atoms with Crippen LogP contribution >= 0.6 is 0 Å². The Morgan fingerprint density at radius 2 is 1.95 bits per heavy atom. The number of nitrogens with one attached hydrogen (secondary N) is 1. The number of halogens is 2. The molecule has 0 aromatic heterocycles. The summed E-state index contributed by atoms with van der Waals surface area (Å²) < 4.78 is 29.1. The predicted molar refractivity (Wildman–Crippen MR) is 70.4 cm³/mol. The Balaban J connectivity index is 2.73. The van der Waals surface area contributed by atoms with Gasteiger partial charge in [-0.3, -0.25) is 0 Å². The lowest BCUT2D eigenvalue weighted by atomic mass is 9.94. The van der Waals surface area contributed by atoms with Gasteiger partial charge in [-0.05, 0) is 13.0 Å². The summed E-state index contributed by atoms with van der Waals surface area (Å²) in [5, 5.41) is 12.4. The van der Waals surface area contributed by atoms with Gasteiger partial charge in [0, 0.05) is 30.2 Å². The molecule has 0 aliphatic rings. The zero-order chi connectivity index (χ0) is 14.5. The maximum absolute atomic E-state index is 12.3. The van der Waals surface area contributed by atoms with Crippen LogP contribution < -0.4 is 10.1 Å². The van der Waals surface area contributed by atoms with Crippen LogP contribution in [0.5, 0.6) is 5.75 Å². The van der Waals surface area contributed by atoms with Crippen LogP contribution in [0.1, 0.15) is 32.4 Å². The van der Waals surface area contributed by atoms with Gasteiger partial charge < -0.3 is 15.2 Å². The third-order valence-corrected chi connectivity index (χ3v) is 2.92. The molecule has 1 rings (SSSR count). The van der Waals surface area contributed by atoms with Crippen molar-refractivity contribution < 1.29 is 18.6 Å². The Morgan fingerprint density at radius 3 is 2.53 bits per heavy atom. The minimum atomic E-state index is -2.83. The van der Waals surface area contributed by atoms with E-state index in [1.807, 2.05) is 20.8 Å². The largest absolute Gasteiger partial charge is 0.434 e. The SMILES string of the molecule is CC(NCC(C)(C)CO)c1ccccc1OC(F)F. The minimum Gasteiger partial charge on any atom is -0.434 e. The zero-order valence-corrected chi connectivity index (χ0v) is 11.5. The summed E-state index contributed by atoms with van der Waals surface area (Å²) in [6, 6.07) is 6.58. The minimum absolute atomic E-state index is 0.0574. The number of benzene rings is 1. The van der Waals surface area contributed by atoms with Crippen LogP contribution in [0.25, 0.3) is 0 Å². The number of alkyl halides is 2. The molecular weight excluding hydrogens is 252 g/mol. The fourth-order valence-electron chi connectivity index (χ4n) is 1.64. The Bertz CT molecular complexity index is 397. The molecule has 5 heteroatoms. The maximum atomic E-state index is 12.3. The topological polar surface area (TPSA) is 41.5 Å². The van der Waals surface area contributed by atoms with Crippen molar-refractivity contribution in [2.75, 3.05) is 13.2 Å². The Morgan fingerprint density at radius 1 is 1.32 bits per heavy atom. The fraction of sp³-hybridized carbons (Fsp3) is 0.571. The van der Waals surface area contributed by atoms with Gasteiger partial charge in [0.1, 0.15) is 5.75 Å². The second kappa shape index (κ2) is 6.82. The van der Waals surface area contributed by atoms with Crippen molar-refractivity contribution in [1.82, 2.24) is 5.32 Å². The van der Waals surface area contributed by atoms with E-state index in [-0.39, 0.29) is 23.8 Å². The summed E-state index contributed by atoms with van der Waals surface area (Å²) in [5.41, 5.74) is 0.420. The molecule has 0 bridgehead atoms. The third kappa shape index (κ3) is 5.12. The van der Waals surface area contributed by atoms with E-state index in [4.69, 9.17) is 0 Å². The highest BCUT2D eigenvalue weighted by molar-refractivity contribution is 5.35. The molecule has 3 nitrogen and oxygen atoms in total. The van der Waals surface area contributed by atoms with Crippen LogP contribution in [0, 0.1) is 5.41 Å². The molecule has 1 aromatic rings. The van der Waals surface area contributed by atoms with Gasteiger partial charge in [0.25, 0.3) is 0 Å². The maximum Gasteiger partial charge on any atom is 0.387 e. The molecule has 0 saturated heterocycles. The first-order chi connectivity index (χ1) is 8.85. The van der Waals surface area contributed by atoms with Crippen molar-refractivity contribution in [3.05, 3.63) is 29.8 Å². The number of aliphatic hydroxyl groups excluding tert-OH is 1. The van der Waals surface area contributed by atoms with Crippen LogP contribution in [-0.2, 0) is 0 Å². The highest BCUT2D eigenvalue weighted by Gasteiger charge is 2.19. The smallest absolute Gasteiger partial charge is 0.387 e. The van der Waals surface area contributed by atoms with E-state index >= 15 is 0 Å². The molecule has 19 heavy (non-hydrogen) atoms. The summed E-state index contributed by atoms with van der Waals surface area (Å²) >= 11 is 0. The lowest BCUT2D eigenvalue weighted by Crippen LogP contribution is -2.33. The van der Waals surface area contributed by atoms with Gasteiger partial charge in [-0.25, -0.2) is 0 Å². The Labute approximate surface area is 112 Å². The van der Waals surface area contributed by atoms with Crippen molar-refractivity contribution in [1.29, 1.82) is 0 Å². The number of ether oxygens (including phenoxy) is 1. The first-order valence-corrected chi connectivity index (χ1v) is 6.24. The van der Waals surface area contributed by atoms with Crippen LogP contribution in [0.3, 0.4) is 0 Å². The molecule has 0 saturated carbocycles. The standard InChI is InChI=1S/C14H21F2NO2/c1-10(17-8-14(2,3)9-18)11-6-4-5-7-12(11)19-13(15)16/h4-7,10,13,17-18H,8-9H2,1-3H3. The van der Waals surface area contributed by atoms with Crippen molar-refractivity contribution in [2.24, 2.45) is 5.41 Å². The Kier molecular flexibility index (Phi) is 5.69. The van der Waals surface area contributed by atoms with Gasteiger partial charge >= 0.3 is 6.61 Å². The Hall–Kier alpha value is -1.20. The third-order valence-electron chi connectivity index (χ3n) is 2.92. The molecule has 0 fully saturated rings. The van der Waals surface area contributed by atoms with Crippen LogP contribution in [0.15, 0.2) is 24.3 Å². The molecule has 1 atom stereocenters. The molecule has 0 aliphatic heterocycles. The fourth-order valence-corrected chi connectivity index (χ4v) is 1.64. The second-order valence-corrected chi connectivity index (χ2v) is 5.34. The van der Waals surface area contributed by atoms with Crippen LogP contribution in [0.2, 0.25) is 0 Å². The van der Waals surface area contributed by atoms with Crippen molar-refractivity contribution in [2.45, 2.75) is 33.4 Å². The second-order valence-electron chi connectivity index (χ2n) is 5.34. The average Bonchev–Trinajstić information content (AvgIpc) is 2.36. The lowest BCUT2D eigenvalue weighted by molar-refractivity contribution is -0.0507. The first kappa shape index (κ1) is 15.9.